The lowest BCUT2D eigenvalue weighted by Crippen LogP contribution is -2.41. The fraction of sp³-hybridized carbons (Fsp3) is 0.333. The monoisotopic (exact) mass is 287 g/mol. The van der Waals surface area contributed by atoms with Crippen LogP contribution in [0.3, 0.4) is 0 Å². The molecule has 3 N–H and O–H groups in total. The van der Waals surface area contributed by atoms with E-state index in [4.69, 9.17) is 5.73 Å². The van der Waals surface area contributed by atoms with Gasteiger partial charge in [0.2, 0.25) is 5.91 Å². The molecule has 5 nitrogen and oxygen atoms in total. The molecule has 0 spiro atoms. The van der Waals surface area contributed by atoms with Crippen LogP contribution < -0.4 is 11.1 Å². The van der Waals surface area contributed by atoms with E-state index in [9.17, 15) is 22.8 Å². The minimum atomic E-state index is -4.47. The molecule has 2 rings (SSSR count). The number of amides is 2. The largest absolute Gasteiger partial charge is 0.405 e. The first kappa shape index (κ1) is 14.2. The fourth-order valence-corrected chi connectivity index (χ4v) is 2.00. The topological polar surface area (TPSA) is 75.4 Å². The SMILES string of the molecule is Nc1cccc2c1C(=O)N(CC(=O)NCC(F)(F)F)C2. The molecule has 0 aliphatic carbocycles. The average Bonchev–Trinajstić information content (AvgIpc) is 2.64. The Morgan fingerprint density at radius 3 is 2.70 bits per heavy atom. The first-order valence-electron chi connectivity index (χ1n) is 5.78. The molecule has 1 heterocycles. The number of nitrogens with zero attached hydrogens (tertiary/aromatic N) is 1. The molecule has 0 radical (unpaired) electrons. The van der Waals surface area contributed by atoms with Crippen molar-refractivity contribution in [2.24, 2.45) is 0 Å². The smallest absolute Gasteiger partial charge is 0.398 e. The standard InChI is InChI=1S/C12H12F3N3O2/c13-12(14,15)6-17-9(19)5-18-4-7-2-1-3-8(16)10(7)11(18)20/h1-3H,4-6,16H2,(H,17,19). The van der Waals surface area contributed by atoms with Crippen molar-refractivity contribution in [1.82, 2.24) is 10.2 Å². The van der Waals surface area contributed by atoms with Crippen LogP contribution in [0.4, 0.5) is 18.9 Å². The Morgan fingerprint density at radius 1 is 1.40 bits per heavy atom. The van der Waals surface area contributed by atoms with Crippen molar-refractivity contribution in [3.8, 4) is 0 Å². The Balaban J connectivity index is 1.99. The summed E-state index contributed by atoms with van der Waals surface area (Å²) in [6.45, 7) is -1.68. The third-order valence-corrected chi connectivity index (χ3v) is 2.87. The van der Waals surface area contributed by atoms with Gasteiger partial charge in [0, 0.05) is 12.2 Å². The van der Waals surface area contributed by atoms with Crippen LogP contribution in [0.5, 0.6) is 0 Å². The highest BCUT2D eigenvalue weighted by Gasteiger charge is 2.32. The van der Waals surface area contributed by atoms with Crippen LogP contribution in [0, 0.1) is 0 Å². The molecule has 0 fully saturated rings. The van der Waals surface area contributed by atoms with Crippen molar-refractivity contribution < 1.29 is 22.8 Å². The normalized spacial score (nSPS) is 14.3. The van der Waals surface area contributed by atoms with Gasteiger partial charge < -0.3 is 16.0 Å². The van der Waals surface area contributed by atoms with Crippen molar-refractivity contribution in [3.05, 3.63) is 29.3 Å². The number of benzene rings is 1. The van der Waals surface area contributed by atoms with E-state index in [0.717, 1.165) is 4.90 Å². The predicted octanol–water partition coefficient (Wildman–Crippen LogP) is 0.903. The van der Waals surface area contributed by atoms with Gasteiger partial charge in [-0.2, -0.15) is 13.2 Å². The van der Waals surface area contributed by atoms with E-state index < -0.39 is 31.1 Å². The summed E-state index contributed by atoms with van der Waals surface area (Å²) in [5.74, 6) is -1.30. The summed E-state index contributed by atoms with van der Waals surface area (Å²) in [5, 5.41) is 1.72. The molecule has 0 unspecified atom stereocenters. The minimum absolute atomic E-state index is 0.165. The van der Waals surface area contributed by atoms with Crippen LogP contribution in [0.2, 0.25) is 0 Å². The van der Waals surface area contributed by atoms with Crippen molar-refractivity contribution in [2.45, 2.75) is 12.7 Å². The third kappa shape index (κ3) is 3.01. The summed E-state index contributed by atoms with van der Waals surface area (Å²) >= 11 is 0. The molecular weight excluding hydrogens is 275 g/mol. The number of fused-ring (bicyclic) bond motifs is 1. The van der Waals surface area contributed by atoms with E-state index in [0.29, 0.717) is 16.8 Å². The van der Waals surface area contributed by atoms with E-state index >= 15 is 0 Å². The van der Waals surface area contributed by atoms with E-state index in [-0.39, 0.29) is 6.54 Å². The number of carbonyl (C=O) groups is 2. The molecule has 108 valence electrons. The highest BCUT2D eigenvalue weighted by atomic mass is 19.4. The zero-order valence-corrected chi connectivity index (χ0v) is 10.3. The van der Waals surface area contributed by atoms with Gasteiger partial charge in [0.1, 0.15) is 13.1 Å². The lowest BCUT2D eigenvalue weighted by Gasteiger charge is -2.15. The minimum Gasteiger partial charge on any atom is -0.398 e. The van der Waals surface area contributed by atoms with Gasteiger partial charge in [-0.25, -0.2) is 0 Å². The molecule has 0 aromatic heterocycles. The van der Waals surface area contributed by atoms with E-state index in [2.05, 4.69) is 0 Å². The van der Waals surface area contributed by atoms with E-state index in [1.54, 1.807) is 23.5 Å². The molecule has 20 heavy (non-hydrogen) atoms. The van der Waals surface area contributed by atoms with Crippen molar-refractivity contribution in [3.63, 3.8) is 0 Å². The van der Waals surface area contributed by atoms with Crippen molar-refractivity contribution in [1.29, 1.82) is 0 Å². The number of nitrogens with two attached hydrogens (primary N) is 1. The Hall–Kier alpha value is -2.25. The summed E-state index contributed by atoms with van der Waals surface area (Å²) in [7, 11) is 0. The molecule has 0 saturated heterocycles. The zero-order chi connectivity index (χ0) is 14.9. The van der Waals surface area contributed by atoms with Gasteiger partial charge in [0.05, 0.1) is 5.56 Å². The van der Waals surface area contributed by atoms with Crippen LogP contribution in [0.25, 0.3) is 0 Å². The Labute approximate surface area is 112 Å². The lowest BCUT2D eigenvalue weighted by molar-refractivity contribution is -0.138. The number of hydrogen-bond donors (Lipinski definition) is 2. The van der Waals surface area contributed by atoms with Crippen molar-refractivity contribution in [2.75, 3.05) is 18.8 Å². The maximum absolute atomic E-state index is 12.0. The molecule has 1 aliphatic heterocycles. The summed E-state index contributed by atoms with van der Waals surface area (Å²) in [4.78, 5) is 24.5. The van der Waals surface area contributed by atoms with Crippen LogP contribution in [-0.2, 0) is 11.3 Å². The predicted molar refractivity (Wildman–Crippen MR) is 64.7 cm³/mol. The molecule has 0 bridgehead atoms. The van der Waals surface area contributed by atoms with Gasteiger partial charge in [-0.1, -0.05) is 12.1 Å². The second-order valence-electron chi connectivity index (χ2n) is 4.43. The van der Waals surface area contributed by atoms with Crippen LogP contribution in [0.15, 0.2) is 18.2 Å². The Kier molecular flexibility index (Phi) is 3.56. The van der Waals surface area contributed by atoms with E-state index in [1.807, 2.05) is 0 Å². The number of rotatable bonds is 3. The lowest BCUT2D eigenvalue weighted by atomic mass is 10.1. The van der Waals surface area contributed by atoms with Gasteiger partial charge >= 0.3 is 6.18 Å². The van der Waals surface area contributed by atoms with E-state index in [1.165, 1.54) is 0 Å². The highest BCUT2D eigenvalue weighted by Crippen LogP contribution is 2.27. The maximum atomic E-state index is 12.0. The summed E-state index contributed by atoms with van der Waals surface area (Å²) < 4.78 is 35.9. The molecule has 2 amide bonds. The molecule has 0 saturated carbocycles. The fourth-order valence-electron chi connectivity index (χ4n) is 2.00. The van der Waals surface area contributed by atoms with Crippen LogP contribution >= 0.6 is 0 Å². The summed E-state index contributed by atoms with van der Waals surface area (Å²) in [6.07, 6.45) is -4.47. The third-order valence-electron chi connectivity index (χ3n) is 2.87. The van der Waals surface area contributed by atoms with Gasteiger partial charge in [-0.05, 0) is 11.6 Å². The molecule has 1 aromatic rings. The van der Waals surface area contributed by atoms with Gasteiger partial charge in [0.25, 0.3) is 5.91 Å². The molecular formula is C12H12F3N3O2. The number of carbonyl (C=O) groups excluding carboxylic acids is 2. The molecule has 0 atom stereocenters. The first-order chi connectivity index (χ1) is 9.28. The number of anilines is 1. The summed E-state index contributed by atoms with van der Waals surface area (Å²) in [5.41, 5.74) is 6.95. The highest BCUT2D eigenvalue weighted by molar-refractivity contribution is 6.04. The zero-order valence-electron chi connectivity index (χ0n) is 10.3. The molecule has 1 aromatic carbocycles. The maximum Gasteiger partial charge on any atom is 0.405 e. The van der Waals surface area contributed by atoms with Gasteiger partial charge in [0.15, 0.2) is 0 Å². The number of halogens is 3. The quantitative estimate of drug-likeness (QED) is 0.811. The first-order valence-corrected chi connectivity index (χ1v) is 5.78. The van der Waals surface area contributed by atoms with Gasteiger partial charge in [-0.3, -0.25) is 9.59 Å². The van der Waals surface area contributed by atoms with Crippen molar-refractivity contribution >= 4 is 17.5 Å². The number of nitrogen functional groups attached to an aromatic ring is 1. The number of hydrogen-bond acceptors (Lipinski definition) is 3. The second kappa shape index (κ2) is 5.03. The average molecular weight is 287 g/mol. The van der Waals surface area contributed by atoms with Gasteiger partial charge in [-0.15, -0.1) is 0 Å². The number of alkyl halides is 3. The molecule has 1 aliphatic rings. The second-order valence-corrected chi connectivity index (χ2v) is 4.43. The summed E-state index contributed by atoms with van der Waals surface area (Å²) in [6, 6.07) is 4.93. The Morgan fingerprint density at radius 2 is 2.10 bits per heavy atom. The molecule has 8 heteroatoms. The van der Waals surface area contributed by atoms with Crippen LogP contribution in [-0.4, -0.2) is 36.0 Å². The Bertz CT molecular complexity index is 557. The van der Waals surface area contributed by atoms with Crippen LogP contribution in [0.1, 0.15) is 15.9 Å². The number of nitrogens with one attached hydrogen (secondary N) is 1.